The van der Waals surface area contributed by atoms with Gasteiger partial charge < -0.3 is 15.0 Å². The van der Waals surface area contributed by atoms with Crippen molar-refractivity contribution in [2.75, 3.05) is 20.1 Å². The lowest BCUT2D eigenvalue weighted by atomic mass is 9.88. The van der Waals surface area contributed by atoms with E-state index in [1.165, 1.54) is 5.56 Å². The maximum Gasteiger partial charge on any atom is 0.220 e. The molecule has 0 bridgehead atoms. The molecule has 0 spiro atoms. The average molecular weight is 330 g/mol. The van der Waals surface area contributed by atoms with Crippen LogP contribution in [-0.2, 0) is 4.79 Å². The monoisotopic (exact) mass is 330 g/mol. The topological polar surface area (TPSA) is 41.6 Å². The number of rotatable bonds is 3. The highest BCUT2D eigenvalue weighted by atomic mass is 16.5. The molecule has 4 nitrogen and oxygen atoms in total. The number of amides is 1. The lowest BCUT2D eigenvalue weighted by molar-refractivity contribution is -0.123. The number of benzene rings is 1. The van der Waals surface area contributed by atoms with Crippen molar-refractivity contribution in [3.63, 3.8) is 0 Å². The van der Waals surface area contributed by atoms with Gasteiger partial charge in [-0.2, -0.15) is 0 Å². The number of nitrogens with zero attached hydrogens (tertiary/aromatic N) is 1. The van der Waals surface area contributed by atoms with Crippen molar-refractivity contribution in [2.45, 2.75) is 58.1 Å². The lowest BCUT2D eigenvalue weighted by Gasteiger charge is -2.38. The molecule has 2 aliphatic heterocycles. The third-order valence-corrected chi connectivity index (χ3v) is 5.27. The van der Waals surface area contributed by atoms with E-state index in [1.807, 2.05) is 0 Å². The molecule has 0 radical (unpaired) electrons. The third kappa shape index (κ3) is 4.10. The van der Waals surface area contributed by atoms with Gasteiger partial charge in [0.1, 0.15) is 11.4 Å². The van der Waals surface area contributed by atoms with Crippen molar-refractivity contribution in [1.29, 1.82) is 0 Å². The van der Waals surface area contributed by atoms with Gasteiger partial charge in [0, 0.05) is 18.4 Å². The summed E-state index contributed by atoms with van der Waals surface area (Å²) in [6.07, 6.45) is 3.70. The molecule has 0 aliphatic carbocycles. The summed E-state index contributed by atoms with van der Waals surface area (Å²) in [7, 11) is 2.15. The first-order valence-electron chi connectivity index (χ1n) is 9.10. The minimum Gasteiger partial charge on any atom is -0.487 e. The molecule has 1 N–H and O–H groups in total. The number of carbonyl (C=O) groups excluding carboxylic acids is 1. The van der Waals surface area contributed by atoms with Gasteiger partial charge >= 0.3 is 0 Å². The molecule has 1 aromatic rings. The Morgan fingerprint density at radius 3 is 2.75 bits per heavy atom. The van der Waals surface area contributed by atoms with Crippen molar-refractivity contribution in [3.8, 4) is 5.75 Å². The van der Waals surface area contributed by atoms with Crippen LogP contribution in [0.2, 0.25) is 0 Å². The van der Waals surface area contributed by atoms with Crippen LogP contribution >= 0.6 is 0 Å². The number of likely N-dealkylation sites (tertiary alicyclic amines) is 1. The van der Waals surface area contributed by atoms with E-state index in [2.05, 4.69) is 56.2 Å². The Kier molecular flexibility index (Phi) is 4.86. The predicted octanol–water partition coefficient (Wildman–Crippen LogP) is 3.45. The van der Waals surface area contributed by atoms with Crippen LogP contribution in [0, 0.1) is 12.8 Å². The molecular formula is C20H30N2O2. The quantitative estimate of drug-likeness (QED) is 0.923. The minimum absolute atomic E-state index is 0.0446. The summed E-state index contributed by atoms with van der Waals surface area (Å²) in [4.78, 5) is 14.9. The molecule has 1 saturated heterocycles. The molecule has 2 aliphatic rings. The fourth-order valence-electron chi connectivity index (χ4n) is 3.87. The van der Waals surface area contributed by atoms with Gasteiger partial charge in [0.15, 0.2) is 0 Å². The molecule has 1 atom stereocenters. The van der Waals surface area contributed by atoms with Gasteiger partial charge in [0.05, 0.1) is 6.04 Å². The third-order valence-electron chi connectivity index (χ3n) is 5.27. The Morgan fingerprint density at radius 2 is 2.04 bits per heavy atom. The van der Waals surface area contributed by atoms with E-state index in [1.54, 1.807) is 0 Å². The lowest BCUT2D eigenvalue weighted by Crippen LogP contribution is -2.42. The van der Waals surface area contributed by atoms with Gasteiger partial charge in [0.25, 0.3) is 0 Å². The van der Waals surface area contributed by atoms with Crippen molar-refractivity contribution in [1.82, 2.24) is 10.2 Å². The van der Waals surface area contributed by atoms with Crippen LogP contribution in [0.15, 0.2) is 18.2 Å². The van der Waals surface area contributed by atoms with Crippen molar-refractivity contribution >= 4 is 5.91 Å². The summed E-state index contributed by atoms with van der Waals surface area (Å²) in [5.41, 5.74) is 2.03. The number of nitrogens with one attached hydrogen (secondary N) is 1. The molecule has 3 rings (SSSR count). The molecule has 1 amide bonds. The van der Waals surface area contributed by atoms with Crippen molar-refractivity contribution < 1.29 is 9.53 Å². The van der Waals surface area contributed by atoms with Crippen molar-refractivity contribution in [2.24, 2.45) is 5.92 Å². The summed E-state index contributed by atoms with van der Waals surface area (Å²) in [6.45, 7) is 8.45. The van der Waals surface area contributed by atoms with Gasteiger partial charge in [-0.3, -0.25) is 4.79 Å². The van der Waals surface area contributed by atoms with Gasteiger partial charge in [-0.05, 0) is 71.3 Å². The SMILES string of the molecule is Cc1ccc2c(c1)OC(C)(C)C[C@@H]2NC(=O)CC1CCN(C)CC1. The Bertz CT molecular complexity index is 604. The van der Waals surface area contributed by atoms with Gasteiger partial charge in [-0.1, -0.05) is 12.1 Å². The Labute approximate surface area is 145 Å². The van der Waals surface area contributed by atoms with Crippen LogP contribution in [0.1, 0.15) is 56.7 Å². The van der Waals surface area contributed by atoms with E-state index < -0.39 is 0 Å². The molecular weight excluding hydrogens is 300 g/mol. The zero-order chi connectivity index (χ0) is 17.3. The molecule has 2 heterocycles. The van der Waals surface area contributed by atoms with E-state index in [9.17, 15) is 4.79 Å². The van der Waals surface area contributed by atoms with Crippen LogP contribution in [0.25, 0.3) is 0 Å². The molecule has 0 saturated carbocycles. The number of fused-ring (bicyclic) bond motifs is 1. The Morgan fingerprint density at radius 1 is 1.33 bits per heavy atom. The standard InChI is InChI=1S/C20H30N2O2/c1-14-5-6-16-17(13-20(2,3)24-18(16)11-14)21-19(23)12-15-7-9-22(4)10-8-15/h5-6,11,15,17H,7-10,12-13H2,1-4H3,(H,21,23)/t17-/m0/s1. The van der Waals surface area contributed by atoms with E-state index in [0.717, 1.165) is 43.7 Å². The summed E-state index contributed by atoms with van der Waals surface area (Å²) in [6, 6.07) is 6.31. The molecule has 1 aromatic carbocycles. The molecule has 4 heteroatoms. The number of piperidine rings is 1. The van der Waals surface area contributed by atoms with Gasteiger partial charge in [-0.15, -0.1) is 0 Å². The van der Waals surface area contributed by atoms with E-state index in [-0.39, 0.29) is 17.6 Å². The number of carbonyl (C=O) groups is 1. The van der Waals surface area contributed by atoms with Crippen molar-refractivity contribution in [3.05, 3.63) is 29.3 Å². The second-order valence-corrected chi connectivity index (χ2v) is 8.18. The second kappa shape index (κ2) is 6.75. The maximum atomic E-state index is 12.6. The fraction of sp³-hybridized carbons (Fsp3) is 0.650. The minimum atomic E-state index is -0.258. The van der Waals surface area contributed by atoms with Crippen LogP contribution < -0.4 is 10.1 Å². The smallest absolute Gasteiger partial charge is 0.220 e. The first kappa shape index (κ1) is 17.3. The number of aryl methyl sites for hydroxylation is 1. The average Bonchev–Trinajstić information content (AvgIpc) is 2.48. The van der Waals surface area contributed by atoms with Crippen LogP contribution in [-0.4, -0.2) is 36.5 Å². The Hall–Kier alpha value is -1.55. The second-order valence-electron chi connectivity index (χ2n) is 8.18. The summed E-state index contributed by atoms with van der Waals surface area (Å²) >= 11 is 0. The number of hydrogen-bond donors (Lipinski definition) is 1. The highest BCUT2D eigenvalue weighted by molar-refractivity contribution is 5.77. The highest BCUT2D eigenvalue weighted by Crippen LogP contribution is 2.40. The molecule has 1 fully saturated rings. The first-order chi connectivity index (χ1) is 11.3. The van der Waals surface area contributed by atoms with Crippen LogP contribution in [0.4, 0.5) is 0 Å². The zero-order valence-corrected chi connectivity index (χ0v) is 15.4. The zero-order valence-electron chi connectivity index (χ0n) is 15.4. The normalized spacial score (nSPS) is 24.1. The number of hydrogen-bond acceptors (Lipinski definition) is 3. The molecule has 24 heavy (non-hydrogen) atoms. The molecule has 0 aromatic heterocycles. The summed E-state index contributed by atoms with van der Waals surface area (Å²) < 4.78 is 6.12. The van der Waals surface area contributed by atoms with Gasteiger partial charge in [0.2, 0.25) is 5.91 Å². The van der Waals surface area contributed by atoms with Crippen LogP contribution in [0.3, 0.4) is 0 Å². The fourth-order valence-corrected chi connectivity index (χ4v) is 3.87. The number of ether oxygens (including phenoxy) is 1. The van der Waals surface area contributed by atoms with E-state index >= 15 is 0 Å². The molecule has 0 unspecified atom stereocenters. The predicted molar refractivity (Wildman–Crippen MR) is 96.2 cm³/mol. The maximum absolute atomic E-state index is 12.6. The summed E-state index contributed by atoms with van der Waals surface area (Å²) in [5, 5.41) is 3.28. The highest BCUT2D eigenvalue weighted by Gasteiger charge is 2.34. The van der Waals surface area contributed by atoms with Crippen LogP contribution in [0.5, 0.6) is 5.75 Å². The largest absolute Gasteiger partial charge is 0.487 e. The first-order valence-corrected chi connectivity index (χ1v) is 9.10. The molecule has 132 valence electrons. The summed E-state index contributed by atoms with van der Waals surface area (Å²) in [5.74, 6) is 1.61. The Balaban J connectivity index is 1.67. The van der Waals surface area contributed by atoms with E-state index in [4.69, 9.17) is 4.74 Å². The van der Waals surface area contributed by atoms with Gasteiger partial charge in [-0.25, -0.2) is 0 Å². The van der Waals surface area contributed by atoms with E-state index in [0.29, 0.717) is 12.3 Å².